The molecule has 0 heterocycles. The molecule has 0 spiro atoms. The fourth-order valence-electron chi connectivity index (χ4n) is 2.59. The molecule has 0 saturated carbocycles. The van der Waals surface area contributed by atoms with Gasteiger partial charge in [-0.05, 0) is 29.5 Å². The molecule has 1 atom stereocenters. The standard InChI is InChI=1S/C15H14.Li.H/c1-2-6-12(7-3-1)15-11-10-13-8-4-5-9-14(13)15;;/h1-9,15H,10-11H2;;/q;+1;-1. The first-order valence-corrected chi connectivity index (χ1v) is 5.58. The predicted molar refractivity (Wildman–Crippen MR) is 64.2 cm³/mol. The Labute approximate surface area is 110 Å². The third-order valence-electron chi connectivity index (χ3n) is 3.33. The number of benzene rings is 2. The van der Waals surface area contributed by atoms with E-state index in [2.05, 4.69) is 54.6 Å². The van der Waals surface area contributed by atoms with Crippen molar-refractivity contribution in [3.63, 3.8) is 0 Å². The van der Waals surface area contributed by atoms with Gasteiger partial charge in [-0.1, -0.05) is 54.6 Å². The molecule has 0 amide bonds. The second-order valence-electron chi connectivity index (χ2n) is 4.20. The molecule has 1 aliphatic carbocycles. The third kappa shape index (κ3) is 1.96. The van der Waals surface area contributed by atoms with Crippen LogP contribution in [0.4, 0.5) is 0 Å². The van der Waals surface area contributed by atoms with Crippen molar-refractivity contribution in [3.8, 4) is 0 Å². The zero-order chi connectivity index (χ0) is 10.1. The number of hydrogen-bond acceptors (Lipinski definition) is 0. The van der Waals surface area contributed by atoms with E-state index in [4.69, 9.17) is 0 Å². The monoisotopic (exact) mass is 202 g/mol. The van der Waals surface area contributed by atoms with Gasteiger partial charge in [0.25, 0.3) is 0 Å². The predicted octanol–water partition coefficient (Wildman–Crippen LogP) is 0.881. The van der Waals surface area contributed by atoms with Gasteiger partial charge in [0.15, 0.2) is 0 Å². The second kappa shape index (κ2) is 4.91. The van der Waals surface area contributed by atoms with Crippen molar-refractivity contribution < 1.29 is 20.3 Å². The van der Waals surface area contributed by atoms with Crippen molar-refractivity contribution in [2.24, 2.45) is 0 Å². The molecule has 1 aliphatic rings. The van der Waals surface area contributed by atoms with Crippen molar-refractivity contribution in [2.45, 2.75) is 18.8 Å². The molecular weight excluding hydrogens is 187 g/mol. The summed E-state index contributed by atoms with van der Waals surface area (Å²) in [5, 5.41) is 0. The topological polar surface area (TPSA) is 0 Å². The summed E-state index contributed by atoms with van der Waals surface area (Å²) in [5.41, 5.74) is 4.53. The maximum absolute atomic E-state index is 2.28. The van der Waals surface area contributed by atoms with Gasteiger partial charge in [0.05, 0.1) is 0 Å². The van der Waals surface area contributed by atoms with Gasteiger partial charge in [-0.15, -0.1) is 0 Å². The van der Waals surface area contributed by atoms with Gasteiger partial charge in [0, 0.05) is 5.92 Å². The normalized spacial score (nSPS) is 17.6. The maximum atomic E-state index is 2.28. The van der Waals surface area contributed by atoms with Crippen LogP contribution in [0.2, 0.25) is 0 Å². The van der Waals surface area contributed by atoms with Crippen LogP contribution in [0.1, 0.15) is 30.5 Å². The summed E-state index contributed by atoms with van der Waals surface area (Å²) in [6.45, 7) is 0. The molecule has 0 aliphatic heterocycles. The van der Waals surface area contributed by atoms with Gasteiger partial charge in [-0.25, -0.2) is 0 Å². The van der Waals surface area contributed by atoms with Crippen molar-refractivity contribution in [1.82, 2.24) is 0 Å². The summed E-state index contributed by atoms with van der Waals surface area (Å²) in [5.74, 6) is 0.627. The molecule has 0 aromatic heterocycles. The van der Waals surface area contributed by atoms with Crippen LogP contribution < -0.4 is 18.9 Å². The first-order chi connectivity index (χ1) is 7.45. The Morgan fingerprint density at radius 2 is 1.56 bits per heavy atom. The van der Waals surface area contributed by atoms with Crippen LogP contribution >= 0.6 is 0 Å². The van der Waals surface area contributed by atoms with E-state index in [1.165, 1.54) is 29.5 Å². The van der Waals surface area contributed by atoms with Crippen molar-refractivity contribution in [2.75, 3.05) is 0 Å². The quantitative estimate of drug-likeness (QED) is 0.602. The average molecular weight is 202 g/mol. The number of aryl methyl sites for hydroxylation is 1. The van der Waals surface area contributed by atoms with Crippen LogP contribution in [0, 0.1) is 0 Å². The molecular formula is C15H15Li. The minimum absolute atomic E-state index is 0. The van der Waals surface area contributed by atoms with E-state index in [1.807, 2.05) is 0 Å². The molecule has 0 fully saturated rings. The summed E-state index contributed by atoms with van der Waals surface area (Å²) < 4.78 is 0. The van der Waals surface area contributed by atoms with E-state index in [0.29, 0.717) is 5.92 Å². The van der Waals surface area contributed by atoms with Gasteiger partial charge >= 0.3 is 18.9 Å². The van der Waals surface area contributed by atoms with E-state index < -0.39 is 0 Å². The number of fused-ring (bicyclic) bond motifs is 1. The van der Waals surface area contributed by atoms with Crippen LogP contribution in [-0.2, 0) is 6.42 Å². The molecule has 16 heavy (non-hydrogen) atoms. The molecule has 0 bridgehead atoms. The Balaban J connectivity index is 0.000000722. The van der Waals surface area contributed by atoms with Crippen LogP contribution in [0.15, 0.2) is 54.6 Å². The first-order valence-electron chi connectivity index (χ1n) is 5.58. The van der Waals surface area contributed by atoms with Crippen molar-refractivity contribution >= 4 is 0 Å². The molecule has 76 valence electrons. The van der Waals surface area contributed by atoms with Crippen molar-refractivity contribution in [1.29, 1.82) is 0 Å². The molecule has 2 aromatic carbocycles. The zero-order valence-electron chi connectivity index (χ0n) is 10.7. The Kier molecular flexibility index (Phi) is 3.54. The summed E-state index contributed by atoms with van der Waals surface area (Å²) >= 11 is 0. The molecule has 1 heteroatoms. The van der Waals surface area contributed by atoms with E-state index >= 15 is 0 Å². The fourth-order valence-corrected chi connectivity index (χ4v) is 2.59. The minimum atomic E-state index is 0. The zero-order valence-corrected chi connectivity index (χ0v) is 9.69. The Morgan fingerprint density at radius 3 is 2.38 bits per heavy atom. The molecule has 1 unspecified atom stereocenters. The first kappa shape index (κ1) is 11.5. The summed E-state index contributed by atoms with van der Waals surface area (Å²) in [6, 6.07) is 19.7. The van der Waals surface area contributed by atoms with Gasteiger partial charge in [-0.3, -0.25) is 0 Å². The second-order valence-corrected chi connectivity index (χ2v) is 4.20. The van der Waals surface area contributed by atoms with Crippen molar-refractivity contribution in [3.05, 3.63) is 71.3 Å². The molecule has 0 saturated heterocycles. The van der Waals surface area contributed by atoms with Gasteiger partial charge < -0.3 is 1.43 Å². The van der Waals surface area contributed by atoms with E-state index in [-0.39, 0.29) is 20.3 Å². The number of hydrogen-bond donors (Lipinski definition) is 0. The number of rotatable bonds is 1. The summed E-state index contributed by atoms with van der Waals surface area (Å²) in [6.07, 6.45) is 2.50. The Morgan fingerprint density at radius 1 is 0.875 bits per heavy atom. The average Bonchev–Trinajstić information content (AvgIpc) is 2.74. The van der Waals surface area contributed by atoms with Gasteiger partial charge in [-0.2, -0.15) is 0 Å². The molecule has 0 radical (unpaired) electrons. The Bertz CT molecular complexity index is 467. The molecule has 0 N–H and O–H groups in total. The van der Waals surface area contributed by atoms with Crippen LogP contribution in [0.3, 0.4) is 0 Å². The largest absolute Gasteiger partial charge is 1.00 e. The summed E-state index contributed by atoms with van der Waals surface area (Å²) in [4.78, 5) is 0. The molecule has 2 aromatic rings. The minimum Gasteiger partial charge on any atom is -1.00 e. The molecule has 3 rings (SSSR count). The third-order valence-corrected chi connectivity index (χ3v) is 3.33. The maximum Gasteiger partial charge on any atom is 1.00 e. The van der Waals surface area contributed by atoms with Gasteiger partial charge in [0.2, 0.25) is 0 Å². The smallest absolute Gasteiger partial charge is 1.00 e. The summed E-state index contributed by atoms with van der Waals surface area (Å²) in [7, 11) is 0. The van der Waals surface area contributed by atoms with Crippen LogP contribution in [0.25, 0.3) is 0 Å². The molecule has 0 nitrogen and oxygen atoms in total. The van der Waals surface area contributed by atoms with Gasteiger partial charge in [0.1, 0.15) is 0 Å². The van der Waals surface area contributed by atoms with E-state index in [0.717, 1.165) is 0 Å². The fraction of sp³-hybridized carbons (Fsp3) is 0.200. The van der Waals surface area contributed by atoms with E-state index in [9.17, 15) is 0 Å². The van der Waals surface area contributed by atoms with E-state index in [1.54, 1.807) is 0 Å². The SMILES string of the molecule is [H-].[Li+].c1ccc(C2CCc3ccccc32)cc1. The van der Waals surface area contributed by atoms with Crippen LogP contribution in [-0.4, -0.2) is 0 Å². The Hall–Kier alpha value is -0.963. The van der Waals surface area contributed by atoms with Crippen LogP contribution in [0.5, 0.6) is 0 Å².